The largest absolute Gasteiger partial charge is 0.466 e. The maximum atomic E-state index is 11.7. The van der Waals surface area contributed by atoms with Gasteiger partial charge in [-0.25, -0.2) is 0 Å². The summed E-state index contributed by atoms with van der Waals surface area (Å²) in [4.78, 5) is 34.8. The van der Waals surface area contributed by atoms with Crippen molar-refractivity contribution in [1.29, 1.82) is 0 Å². The Hall–Kier alpha value is -2.11. The summed E-state index contributed by atoms with van der Waals surface area (Å²) < 4.78 is 16.2. The molecule has 0 aromatic heterocycles. The van der Waals surface area contributed by atoms with Crippen LogP contribution in [0.1, 0.15) is 112 Å². The molecule has 0 aliphatic heterocycles. The molecule has 0 bridgehead atoms. The van der Waals surface area contributed by atoms with Crippen molar-refractivity contribution in [2.45, 2.75) is 118 Å². The van der Waals surface area contributed by atoms with E-state index in [0.717, 1.165) is 76.4 Å². The summed E-state index contributed by atoms with van der Waals surface area (Å²) in [5.41, 5.74) is 1.26. The summed E-state index contributed by atoms with van der Waals surface area (Å²) in [6, 6.07) is 0. The van der Waals surface area contributed by atoms with Crippen LogP contribution in [0, 0.1) is 11.8 Å². The van der Waals surface area contributed by atoms with E-state index in [1.54, 1.807) is 0 Å². The Morgan fingerprint density at radius 1 is 1.00 bits per heavy atom. The molecule has 0 radical (unpaired) electrons. The topological polar surface area (TPSA) is 78.9 Å². The average Bonchev–Trinajstić information content (AvgIpc) is 3.15. The highest BCUT2D eigenvalue weighted by Crippen LogP contribution is 2.38. The molecular weight excluding hydrogens is 432 g/mol. The Morgan fingerprint density at radius 2 is 1.74 bits per heavy atom. The molecule has 0 heterocycles. The highest BCUT2D eigenvalue weighted by molar-refractivity contribution is 5.69. The normalized spacial score (nSPS) is 20.3. The lowest BCUT2D eigenvalue weighted by molar-refractivity contribution is -0.148. The third-order valence-corrected chi connectivity index (χ3v) is 6.44. The molecule has 194 valence electrons. The van der Waals surface area contributed by atoms with E-state index in [9.17, 15) is 14.4 Å². The zero-order valence-corrected chi connectivity index (χ0v) is 22.0. The van der Waals surface area contributed by atoms with Gasteiger partial charge in [0.05, 0.1) is 6.61 Å². The number of esters is 3. The Bertz CT molecular complexity index is 693. The Morgan fingerprint density at radius 3 is 2.35 bits per heavy atom. The van der Waals surface area contributed by atoms with Crippen molar-refractivity contribution in [3.8, 4) is 0 Å². The van der Waals surface area contributed by atoms with Crippen LogP contribution in [-0.4, -0.2) is 30.6 Å². The zero-order valence-electron chi connectivity index (χ0n) is 22.0. The molecule has 6 heteroatoms. The molecule has 0 saturated heterocycles. The number of unbranched alkanes of at least 4 members (excludes halogenated alkanes) is 4. The van der Waals surface area contributed by atoms with Gasteiger partial charge in [-0.1, -0.05) is 57.6 Å². The molecule has 0 N–H and O–H groups in total. The summed E-state index contributed by atoms with van der Waals surface area (Å²) >= 11 is 0. The van der Waals surface area contributed by atoms with Crippen LogP contribution in [0.2, 0.25) is 0 Å². The first-order chi connectivity index (χ1) is 16.3. The van der Waals surface area contributed by atoms with Crippen LogP contribution in [0.5, 0.6) is 0 Å². The Labute approximate surface area is 206 Å². The van der Waals surface area contributed by atoms with Gasteiger partial charge in [-0.2, -0.15) is 0 Å². The number of rotatable bonds is 16. The monoisotopic (exact) mass is 478 g/mol. The Balaban J connectivity index is 2.84. The molecule has 1 rings (SSSR count). The van der Waals surface area contributed by atoms with Crippen molar-refractivity contribution in [2.75, 3.05) is 6.61 Å². The number of allylic oxidation sites excluding steroid dienone is 3. The predicted molar refractivity (Wildman–Crippen MR) is 134 cm³/mol. The van der Waals surface area contributed by atoms with E-state index in [-0.39, 0.29) is 35.8 Å². The molecule has 0 spiro atoms. The van der Waals surface area contributed by atoms with Crippen LogP contribution >= 0.6 is 0 Å². The maximum Gasteiger partial charge on any atom is 0.307 e. The van der Waals surface area contributed by atoms with Crippen LogP contribution in [0.3, 0.4) is 0 Å². The number of carbonyl (C=O) groups is 3. The zero-order chi connectivity index (χ0) is 25.3. The van der Waals surface area contributed by atoms with Gasteiger partial charge in [0, 0.05) is 32.1 Å². The highest BCUT2D eigenvalue weighted by Gasteiger charge is 2.33. The quantitative estimate of drug-likeness (QED) is 0.105. The van der Waals surface area contributed by atoms with E-state index < -0.39 is 0 Å². The molecule has 1 saturated carbocycles. The number of ether oxygens (including phenoxy) is 3. The molecule has 1 aliphatic carbocycles. The van der Waals surface area contributed by atoms with Crippen LogP contribution in [0.4, 0.5) is 0 Å². The minimum absolute atomic E-state index is 0.101. The van der Waals surface area contributed by atoms with Crippen LogP contribution in [0.25, 0.3) is 0 Å². The lowest BCUT2D eigenvalue weighted by atomic mass is 9.92. The smallest absolute Gasteiger partial charge is 0.307 e. The van der Waals surface area contributed by atoms with Gasteiger partial charge < -0.3 is 14.2 Å². The van der Waals surface area contributed by atoms with E-state index in [2.05, 4.69) is 19.9 Å². The molecule has 6 nitrogen and oxygen atoms in total. The summed E-state index contributed by atoms with van der Waals surface area (Å²) in [6.07, 6.45) is 15.1. The maximum absolute atomic E-state index is 11.7. The summed E-state index contributed by atoms with van der Waals surface area (Å²) in [7, 11) is 0. The fourth-order valence-electron chi connectivity index (χ4n) is 4.69. The van der Waals surface area contributed by atoms with Gasteiger partial charge in [-0.15, -0.1) is 0 Å². The summed E-state index contributed by atoms with van der Waals surface area (Å²) in [6.45, 7) is 9.46. The SMILES string of the molecule is CCCCC(CC)C(=CC=C1CC[C@@H](OC(C)=O)[C@@H]1CCCCCCC(=O)OCC)OC(C)=O. The first kappa shape index (κ1) is 29.9. The fraction of sp³-hybridized carbons (Fsp3) is 0.750. The average molecular weight is 479 g/mol. The first-order valence-corrected chi connectivity index (χ1v) is 13.2. The summed E-state index contributed by atoms with van der Waals surface area (Å²) in [5.74, 6) is 0.488. The Kier molecular flexibility index (Phi) is 15.3. The van der Waals surface area contributed by atoms with Crippen molar-refractivity contribution in [2.24, 2.45) is 11.8 Å². The number of hydrogen-bond donors (Lipinski definition) is 0. The third kappa shape index (κ3) is 11.8. The first-order valence-electron chi connectivity index (χ1n) is 13.2. The molecule has 0 amide bonds. The lowest BCUT2D eigenvalue weighted by Crippen LogP contribution is -2.21. The van der Waals surface area contributed by atoms with Crippen molar-refractivity contribution in [3.63, 3.8) is 0 Å². The second-order valence-electron chi connectivity index (χ2n) is 9.20. The minimum atomic E-state index is -0.289. The number of carbonyl (C=O) groups excluding carboxylic acids is 3. The van der Waals surface area contributed by atoms with Gasteiger partial charge in [0.1, 0.15) is 11.9 Å². The van der Waals surface area contributed by atoms with Gasteiger partial charge >= 0.3 is 17.9 Å². The van der Waals surface area contributed by atoms with Crippen LogP contribution in [0.15, 0.2) is 23.5 Å². The van der Waals surface area contributed by atoms with E-state index in [1.165, 1.54) is 19.4 Å². The number of hydrogen-bond acceptors (Lipinski definition) is 6. The molecule has 34 heavy (non-hydrogen) atoms. The van der Waals surface area contributed by atoms with Crippen LogP contribution < -0.4 is 0 Å². The second kappa shape index (κ2) is 17.3. The van der Waals surface area contributed by atoms with Crippen molar-refractivity contribution < 1.29 is 28.6 Å². The van der Waals surface area contributed by atoms with Crippen LogP contribution in [-0.2, 0) is 28.6 Å². The third-order valence-electron chi connectivity index (χ3n) is 6.44. The molecule has 0 aromatic carbocycles. The molecular formula is C28H46O6. The molecule has 1 fully saturated rings. The summed E-state index contributed by atoms with van der Waals surface area (Å²) in [5, 5.41) is 0. The van der Waals surface area contributed by atoms with E-state index in [1.807, 2.05) is 13.0 Å². The fourth-order valence-corrected chi connectivity index (χ4v) is 4.69. The lowest BCUT2D eigenvalue weighted by Gasteiger charge is -2.21. The van der Waals surface area contributed by atoms with E-state index in [4.69, 9.17) is 14.2 Å². The highest BCUT2D eigenvalue weighted by atomic mass is 16.5. The molecule has 3 atom stereocenters. The second-order valence-corrected chi connectivity index (χ2v) is 9.20. The van der Waals surface area contributed by atoms with E-state index >= 15 is 0 Å². The van der Waals surface area contributed by atoms with Crippen molar-refractivity contribution in [1.82, 2.24) is 0 Å². The molecule has 1 aliphatic rings. The molecule has 1 unspecified atom stereocenters. The minimum Gasteiger partial charge on any atom is -0.466 e. The molecule has 0 aromatic rings. The van der Waals surface area contributed by atoms with Gasteiger partial charge in [-0.3, -0.25) is 14.4 Å². The van der Waals surface area contributed by atoms with Crippen molar-refractivity contribution in [3.05, 3.63) is 23.5 Å². The standard InChI is InChI=1S/C28H46O6/c1-6-9-14-23(7-2)26(33-21(4)29)19-17-24-18-20-27(34-22(5)30)25(24)15-12-10-11-13-16-28(31)32-8-3/h17,19,23,25,27H,6-16,18,20H2,1-5H3/t23?,25-,27-/m1/s1. The van der Waals surface area contributed by atoms with Gasteiger partial charge in [0.25, 0.3) is 0 Å². The predicted octanol–water partition coefficient (Wildman–Crippen LogP) is 6.82. The van der Waals surface area contributed by atoms with Gasteiger partial charge in [-0.05, 0) is 51.5 Å². The van der Waals surface area contributed by atoms with Gasteiger partial charge in [0.15, 0.2) is 0 Å². The van der Waals surface area contributed by atoms with Gasteiger partial charge in [0.2, 0.25) is 0 Å². The van der Waals surface area contributed by atoms with E-state index in [0.29, 0.717) is 13.0 Å². The van der Waals surface area contributed by atoms with Crippen molar-refractivity contribution >= 4 is 17.9 Å².